The number of carbonyl (C=O) groups excluding carboxylic acids is 4. The first-order valence-electron chi connectivity index (χ1n) is 28.5. The number of nitrogens with zero attached hydrogens (tertiary/aromatic N) is 11. The van der Waals surface area contributed by atoms with Gasteiger partial charge in [0.1, 0.15) is 22.9 Å². The van der Waals surface area contributed by atoms with E-state index in [0.29, 0.717) is 58.7 Å². The average molecular weight is 1260 g/mol. The Morgan fingerprint density at radius 1 is 0.635 bits per heavy atom. The van der Waals surface area contributed by atoms with Gasteiger partial charge in [-0.15, -0.1) is 0 Å². The molecular weight excluding hydrogens is 1170 g/mol. The number of rotatable bonds is 13. The lowest BCUT2D eigenvalue weighted by molar-refractivity contribution is -0.141. The lowest BCUT2D eigenvalue weighted by atomic mass is 9.94. The molecule has 2 saturated carbocycles. The highest BCUT2D eigenvalue weighted by Gasteiger charge is 2.50. The van der Waals surface area contributed by atoms with E-state index in [0.717, 1.165) is 125 Å². The molecule has 6 aliphatic rings. The van der Waals surface area contributed by atoms with Gasteiger partial charge in [-0.2, -0.15) is 27.5 Å². The van der Waals surface area contributed by atoms with Gasteiger partial charge < -0.3 is 49.9 Å². The molecule has 2 aliphatic carbocycles. The van der Waals surface area contributed by atoms with Crippen LogP contribution in [-0.4, -0.2) is 188 Å². The Morgan fingerprint density at radius 3 is 1.40 bits per heavy atom. The predicted molar refractivity (Wildman–Crippen MR) is 328 cm³/mol. The van der Waals surface area contributed by atoms with Gasteiger partial charge in [0.2, 0.25) is 11.9 Å². The fourth-order valence-corrected chi connectivity index (χ4v) is 11.0. The van der Waals surface area contributed by atoms with Crippen LogP contribution in [0.5, 0.6) is 11.5 Å². The SMILES string of the molecule is C.C.CCBr.CCN1CCN(NC(=O)c2ccc(Nc3ncc4c(n3)N(C3CCCCC3)CC(F)(F)C(=O)N4C)c(OC)c2)CC1.COc1cc(C(=O)NN2CCNCC2)ccc1Nc1ncc2c(n1)N(C1CCCCC1)CC(F)(F)C(=O)N2C. The topological polar surface area (TPSA) is 221 Å². The Kier molecular flexibility index (Phi) is 24.3. The van der Waals surface area contributed by atoms with E-state index in [4.69, 9.17) is 9.47 Å². The number of carbonyl (C=O) groups is 4. The number of aromatic nitrogens is 4. The van der Waals surface area contributed by atoms with Gasteiger partial charge in [0.15, 0.2) is 11.6 Å². The van der Waals surface area contributed by atoms with Crippen LogP contribution in [-0.2, 0) is 9.59 Å². The van der Waals surface area contributed by atoms with Crippen LogP contribution in [0.1, 0.15) is 114 Å². The molecule has 0 bridgehead atoms. The molecule has 0 spiro atoms. The molecule has 4 aromatic rings. The molecule has 0 atom stereocenters. The molecule has 0 unspecified atom stereocenters. The van der Waals surface area contributed by atoms with Crippen molar-refractivity contribution in [2.45, 2.75) is 117 Å². The molecule has 2 aromatic carbocycles. The maximum atomic E-state index is 15.0. The molecule has 5 N–H and O–H groups in total. The van der Waals surface area contributed by atoms with Crippen molar-refractivity contribution >= 4 is 85.8 Å². The number of ether oxygens (including phenoxy) is 2. The molecule has 22 nitrogen and oxygen atoms in total. The zero-order valence-corrected chi connectivity index (χ0v) is 49.7. The highest BCUT2D eigenvalue weighted by molar-refractivity contribution is 9.09. The van der Waals surface area contributed by atoms with Crippen LogP contribution < -0.4 is 55.9 Å². The van der Waals surface area contributed by atoms with E-state index in [1.807, 2.05) is 16.9 Å². The second-order valence-corrected chi connectivity index (χ2v) is 22.3. The highest BCUT2D eigenvalue weighted by Crippen LogP contribution is 2.42. The van der Waals surface area contributed by atoms with Crippen molar-refractivity contribution in [3.8, 4) is 11.5 Å². The summed E-state index contributed by atoms with van der Waals surface area (Å²) in [5.74, 6) is -8.44. The third-order valence-corrected chi connectivity index (χ3v) is 15.6. The first-order valence-corrected chi connectivity index (χ1v) is 29.6. The number of nitrogens with one attached hydrogen (secondary N) is 5. The van der Waals surface area contributed by atoms with Crippen LogP contribution in [0.2, 0.25) is 0 Å². The molecule has 27 heteroatoms. The molecule has 2 aromatic heterocycles. The lowest BCUT2D eigenvalue weighted by Crippen LogP contribution is -2.53. The van der Waals surface area contributed by atoms with Gasteiger partial charge in [0.05, 0.1) is 51.1 Å². The Balaban J connectivity index is 0.000000255. The van der Waals surface area contributed by atoms with Gasteiger partial charge in [-0.25, -0.2) is 20.0 Å². The van der Waals surface area contributed by atoms with Crippen molar-refractivity contribution in [2.24, 2.45) is 0 Å². The molecule has 4 amide bonds. The summed E-state index contributed by atoms with van der Waals surface area (Å²) >= 11 is 3.15. The summed E-state index contributed by atoms with van der Waals surface area (Å²) < 4.78 is 70.8. The van der Waals surface area contributed by atoms with Gasteiger partial charge in [0.25, 0.3) is 23.6 Å². The van der Waals surface area contributed by atoms with E-state index >= 15 is 0 Å². The van der Waals surface area contributed by atoms with E-state index in [2.05, 4.69) is 74.5 Å². The number of methoxy groups -OCH3 is 2. The summed E-state index contributed by atoms with van der Waals surface area (Å²) in [6, 6.07) is 9.67. The molecule has 4 fully saturated rings. The lowest BCUT2D eigenvalue weighted by Gasteiger charge is -2.35. The standard InChI is InChI=1S/C28H38F2N8O3.C26H34F2N8O3.C2H5Br.2CH4/c1-4-36-12-14-37(15-13-36)34-25(39)19-10-11-21(23(16-19)41-3)32-27-31-17-22-24(33-27)38(20-8-6-5-7-9-20)18-28(29,30)26(40)35(22)2;1-34-20-15-30-25(32-22(20)36(16-26(27,28)24(34)38)18-6-4-3-5-7-18)31-19-9-8-17(14-21(19)39-2)23(37)33-35-12-10-29-11-13-35;1-2-3;;/h10-11,16-17,20H,4-9,12-15,18H2,1-3H3,(H,34,39)(H,31,32,33);8-9,14-15,18,29H,3-7,10-13,16H2,1-2H3,(H,33,37)(H,30,31,32);2H2,1H3;2*1H4. The van der Waals surface area contributed by atoms with E-state index < -0.39 is 36.7 Å². The number of likely N-dealkylation sites (N-methyl/N-ethyl adjacent to an activating group) is 1. The Labute approximate surface area is 505 Å². The minimum atomic E-state index is -3.55. The first-order chi connectivity index (χ1) is 39.9. The predicted octanol–water partition coefficient (Wildman–Crippen LogP) is 8.46. The van der Waals surface area contributed by atoms with E-state index in [9.17, 15) is 36.7 Å². The molecular formula is C58H85BrF4N16O6. The van der Waals surface area contributed by atoms with E-state index in [1.54, 1.807) is 46.2 Å². The van der Waals surface area contributed by atoms with Crippen molar-refractivity contribution in [1.82, 2.24) is 51.0 Å². The third-order valence-electron chi connectivity index (χ3n) is 15.6. The van der Waals surface area contributed by atoms with Crippen molar-refractivity contribution in [3.63, 3.8) is 0 Å². The second kappa shape index (κ2) is 30.6. The van der Waals surface area contributed by atoms with Crippen LogP contribution in [0.15, 0.2) is 48.8 Å². The molecule has 6 heterocycles. The van der Waals surface area contributed by atoms with Crippen LogP contribution in [0.3, 0.4) is 0 Å². The zero-order valence-electron chi connectivity index (χ0n) is 48.1. The number of alkyl halides is 5. The van der Waals surface area contributed by atoms with Gasteiger partial charge in [-0.3, -0.25) is 30.0 Å². The number of piperazine rings is 2. The van der Waals surface area contributed by atoms with Crippen molar-refractivity contribution in [2.75, 3.05) is 136 Å². The second-order valence-electron chi connectivity index (χ2n) is 21.2. The minimum absolute atomic E-state index is 0. The summed E-state index contributed by atoms with van der Waals surface area (Å²) in [5.41, 5.74) is 8.20. The van der Waals surface area contributed by atoms with Crippen LogP contribution in [0.4, 0.5) is 63.8 Å². The highest BCUT2D eigenvalue weighted by atomic mass is 79.9. The molecule has 10 rings (SSSR count). The zero-order chi connectivity index (χ0) is 59.4. The largest absolute Gasteiger partial charge is 0.495 e. The third kappa shape index (κ3) is 16.4. The number of amides is 4. The maximum absolute atomic E-state index is 15.0. The summed E-state index contributed by atoms with van der Waals surface area (Å²) in [7, 11) is 5.64. The number of halogens is 5. The fraction of sp³-hybridized carbons (Fsp3) is 0.586. The first kappa shape index (κ1) is 67.4. The molecule has 468 valence electrons. The summed E-state index contributed by atoms with van der Waals surface area (Å²) in [6.45, 7) is 9.99. The van der Waals surface area contributed by atoms with Crippen molar-refractivity contribution in [1.29, 1.82) is 0 Å². The van der Waals surface area contributed by atoms with E-state index in [1.165, 1.54) is 40.7 Å². The maximum Gasteiger partial charge on any atom is 0.342 e. The number of benzene rings is 2. The molecule has 0 radical (unpaired) electrons. The van der Waals surface area contributed by atoms with Crippen LogP contribution in [0.25, 0.3) is 0 Å². The minimum Gasteiger partial charge on any atom is -0.495 e. The van der Waals surface area contributed by atoms with Crippen molar-refractivity contribution < 1.29 is 46.2 Å². The summed E-state index contributed by atoms with van der Waals surface area (Å²) in [4.78, 5) is 76.1. The number of anilines is 8. The monoisotopic (exact) mass is 1260 g/mol. The van der Waals surface area contributed by atoms with Gasteiger partial charge in [0, 0.05) is 95.0 Å². The fourth-order valence-electron chi connectivity index (χ4n) is 11.0. The Morgan fingerprint density at radius 2 is 1.02 bits per heavy atom. The summed E-state index contributed by atoms with van der Waals surface area (Å²) in [5, 5.41) is 14.3. The molecule has 2 saturated heterocycles. The molecule has 85 heavy (non-hydrogen) atoms. The van der Waals surface area contributed by atoms with Gasteiger partial charge in [-0.05, 0) is 68.6 Å². The van der Waals surface area contributed by atoms with Gasteiger partial charge in [-0.1, -0.05) is 83.2 Å². The van der Waals surface area contributed by atoms with Crippen LogP contribution in [0, 0.1) is 0 Å². The van der Waals surface area contributed by atoms with Crippen LogP contribution >= 0.6 is 15.9 Å². The number of hydrogen-bond acceptors (Lipinski definition) is 18. The quantitative estimate of drug-likeness (QED) is 0.0626. The number of fused-ring (bicyclic) bond motifs is 2. The summed E-state index contributed by atoms with van der Waals surface area (Å²) in [6.07, 6.45) is 11.7. The number of hydrazine groups is 2. The average Bonchev–Trinajstić information content (AvgIpc) is 2.66. The van der Waals surface area contributed by atoms with E-state index in [-0.39, 0.29) is 62.0 Å². The van der Waals surface area contributed by atoms with Gasteiger partial charge >= 0.3 is 11.8 Å². The Hall–Kier alpha value is -6.68. The normalized spacial score (nSPS) is 19.3. The van der Waals surface area contributed by atoms with Crippen molar-refractivity contribution in [3.05, 3.63) is 59.9 Å². The molecule has 4 aliphatic heterocycles. The smallest absolute Gasteiger partial charge is 0.342 e. The number of hydrogen-bond donors (Lipinski definition) is 5. The Bertz CT molecular complexity index is 2890.